The number of ether oxygens (including phenoxy) is 1. The maximum atomic E-state index is 13.0. The molecule has 1 aliphatic heterocycles. The van der Waals surface area contributed by atoms with Gasteiger partial charge in [0.25, 0.3) is 0 Å². The molecule has 7 nitrogen and oxygen atoms in total. The smallest absolute Gasteiger partial charge is 0.242 e. The number of hydrogen-bond donors (Lipinski definition) is 1. The van der Waals surface area contributed by atoms with Crippen LogP contribution in [0.2, 0.25) is 0 Å². The first-order valence-electron chi connectivity index (χ1n) is 9.30. The van der Waals surface area contributed by atoms with Gasteiger partial charge in [0.2, 0.25) is 11.8 Å². The van der Waals surface area contributed by atoms with Gasteiger partial charge in [0.15, 0.2) is 0 Å². The van der Waals surface area contributed by atoms with Gasteiger partial charge in [-0.3, -0.25) is 14.7 Å². The predicted molar refractivity (Wildman–Crippen MR) is 103 cm³/mol. The molecule has 28 heavy (non-hydrogen) atoms. The van der Waals surface area contributed by atoms with Crippen LogP contribution in [0.3, 0.4) is 0 Å². The molecule has 1 N–H and O–H groups in total. The summed E-state index contributed by atoms with van der Waals surface area (Å²) in [5.74, 6) is 0.459. The summed E-state index contributed by atoms with van der Waals surface area (Å²) in [5, 5.41) is 2.99. The zero-order valence-corrected chi connectivity index (χ0v) is 15.5. The van der Waals surface area contributed by atoms with E-state index in [1.54, 1.807) is 18.7 Å². The second-order valence-electron chi connectivity index (χ2n) is 6.57. The minimum absolute atomic E-state index is 0.0841. The maximum Gasteiger partial charge on any atom is 0.242 e. The van der Waals surface area contributed by atoms with Gasteiger partial charge in [-0.2, -0.15) is 0 Å². The molecule has 1 aliphatic rings. The minimum Gasteiger partial charge on any atom is -0.444 e. The molecule has 0 radical (unpaired) electrons. The summed E-state index contributed by atoms with van der Waals surface area (Å²) in [6.45, 7) is 2.95. The number of benzene rings is 1. The number of rotatable bonds is 6. The van der Waals surface area contributed by atoms with Crippen LogP contribution in [0.1, 0.15) is 17.3 Å². The standard InChI is InChI=1S/C21H22N4O3/c26-20(19(17-7-4-8-22-13-17)25-9-11-27-12-10-25)23-14-18-15-28-21(24-18)16-5-2-1-3-6-16/h1-8,13,15,19H,9-12,14H2,(H,23,26)/t19-/m1/s1. The lowest BCUT2D eigenvalue weighted by molar-refractivity contribution is -0.128. The fourth-order valence-electron chi connectivity index (χ4n) is 3.28. The Bertz CT molecular complexity index is 892. The molecule has 4 rings (SSSR count). The highest BCUT2D eigenvalue weighted by molar-refractivity contribution is 5.83. The van der Waals surface area contributed by atoms with E-state index in [4.69, 9.17) is 9.15 Å². The van der Waals surface area contributed by atoms with Crippen LogP contribution in [-0.2, 0) is 16.1 Å². The van der Waals surface area contributed by atoms with Crippen molar-refractivity contribution in [1.82, 2.24) is 20.2 Å². The predicted octanol–water partition coefficient (Wildman–Crippen LogP) is 2.43. The number of nitrogens with one attached hydrogen (secondary N) is 1. The summed E-state index contributed by atoms with van der Waals surface area (Å²) in [7, 11) is 0. The molecule has 0 saturated carbocycles. The van der Waals surface area contributed by atoms with Crippen LogP contribution in [0, 0.1) is 0 Å². The second-order valence-corrected chi connectivity index (χ2v) is 6.57. The SMILES string of the molecule is O=C(NCc1coc(-c2ccccc2)n1)[C@@H](c1cccnc1)N1CCOCC1. The Hall–Kier alpha value is -3.03. The van der Waals surface area contributed by atoms with E-state index in [1.807, 2.05) is 42.5 Å². The molecule has 0 aliphatic carbocycles. The second kappa shape index (κ2) is 8.77. The zero-order chi connectivity index (χ0) is 19.2. The highest BCUT2D eigenvalue weighted by atomic mass is 16.5. The van der Waals surface area contributed by atoms with Gasteiger partial charge < -0.3 is 14.5 Å². The molecule has 0 unspecified atom stereocenters. The Morgan fingerprint density at radius 1 is 1.14 bits per heavy atom. The van der Waals surface area contributed by atoms with E-state index in [-0.39, 0.29) is 5.91 Å². The number of hydrogen-bond acceptors (Lipinski definition) is 6. The van der Waals surface area contributed by atoms with Crippen LogP contribution >= 0.6 is 0 Å². The minimum atomic E-state index is -0.405. The van der Waals surface area contributed by atoms with Gasteiger partial charge in [-0.25, -0.2) is 4.98 Å². The average molecular weight is 378 g/mol. The lowest BCUT2D eigenvalue weighted by atomic mass is 10.1. The first kappa shape index (κ1) is 18.3. The van der Waals surface area contributed by atoms with Crippen molar-refractivity contribution in [3.8, 4) is 11.5 Å². The summed E-state index contributed by atoms with van der Waals surface area (Å²) in [5.41, 5.74) is 2.45. The molecular weight excluding hydrogens is 356 g/mol. The third kappa shape index (κ3) is 4.27. The van der Waals surface area contributed by atoms with Crippen molar-refractivity contribution in [1.29, 1.82) is 0 Å². The molecule has 144 valence electrons. The largest absolute Gasteiger partial charge is 0.444 e. The van der Waals surface area contributed by atoms with Crippen molar-refractivity contribution in [3.05, 3.63) is 72.4 Å². The molecule has 1 saturated heterocycles. The first-order chi connectivity index (χ1) is 13.8. The molecule has 1 fully saturated rings. The topological polar surface area (TPSA) is 80.5 Å². The van der Waals surface area contributed by atoms with Gasteiger partial charge in [-0.05, 0) is 23.8 Å². The highest BCUT2D eigenvalue weighted by Crippen LogP contribution is 2.22. The van der Waals surface area contributed by atoms with Crippen LogP contribution in [0.25, 0.3) is 11.5 Å². The Labute approximate surface area is 163 Å². The number of aromatic nitrogens is 2. The number of carbonyl (C=O) groups is 1. The normalized spacial score (nSPS) is 15.9. The van der Waals surface area contributed by atoms with Crippen molar-refractivity contribution in [2.75, 3.05) is 26.3 Å². The van der Waals surface area contributed by atoms with E-state index in [1.165, 1.54) is 0 Å². The van der Waals surface area contributed by atoms with Crippen molar-refractivity contribution in [2.24, 2.45) is 0 Å². The van der Waals surface area contributed by atoms with Crippen LogP contribution in [0.15, 0.2) is 65.5 Å². The number of oxazole rings is 1. The summed E-state index contributed by atoms with van der Waals surface area (Å²) in [6.07, 6.45) is 5.03. The lowest BCUT2D eigenvalue weighted by Crippen LogP contribution is -2.45. The van der Waals surface area contributed by atoms with E-state index in [0.717, 1.165) is 11.1 Å². The van der Waals surface area contributed by atoms with Crippen molar-refractivity contribution in [3.63, 3.8) is 0 Å². The Balaban J connectivity index is 1.45. The van der Waals surface area contributed by atoms with Crippen LogP contribution in [0.4, 0.5) is 0 Å². The fraction of sp³-hybridized carbons (Fsp3) is 0.286. The van der Waals surface area contributed by atoms with E-state index < -0.39 is 6.04 Å². The summed E-state index contributed by atoms with van der Waals surface area (Å²) >= 11 is 0. The van der Waals surface area contributed by atoms with Gasteiger partial charge >= 0.3 is 0 Å². The third-order valence-electron chi connectivity index (χ3n) is 4.68. The fourth-order valence-corrected chi connectivity index (χ4v) is 3.28. The molecule has 1 atom stereocenters. The number of nitrogens with zero attached hydrogens (tertiary/aromatic N) is 3. The highest BCUT2D eigenvalue weighted by Gasteiger charge is 2.29. The van der Waals surface area contributed by atoms with Crippen LogP contribution < -0.4 is 5.32 Å². The van der Waals surface area contributed by atoms with Crippen molar-refractivity contribution >= 4 is 5.91 Å². The number of carbonyl (C=O) groups excluding carboxylic acids is 1. The van der Waals surface area contributed by atoms with E-state index in [9.17, 15) is 4.79 Å². The third-order valence-corrected chi connectivity index (χ3v) is 4.68. The number of morpholine rings is 1. The van der Waals surface area contributed by atoms with E-state index >= 15 is 0 Å². The molecular formula is C21H22N4O3. The molecule has 2 aromatic heterocycles. The molecule has 7 heteroatoms. The van der Waals surface area contributed by atoms with E-state index in [0.29, 0.717) is 44.4 Å². The van der Waals surface area contributed by atoms with Gasteiger partial charge in [0.1, 0.15) is 12.3 Å². The quantitative estimate of drug-likeness (QED) is 0.710. The summed E-state index contributed by atoms with van der Waals surface area (Å²) in [4.78, 5) is 23.8. The Morgan fingerprint density at radius 2 is 1.96 bits per heavy atom. The molecule has 1 aromatic carbocycles. The number of amides is 1. The van der Waals surface area contributed by atoms with Crippen LogP contribution in [0.5, 0.6) is 0 Å². The lowest BCUT2D eigenvalue weighted by Gasteiger charge is -2.33. The van der Waals surface area contributed by atoms with Gasteiger partial charge in [0.05, 0.1) is 25.5 Å². The van der Waals surface area contributed by atoms with Crippen molar-refractivity contribution in [2.45, 2.75) is 12.6 Å². The summed E-state index contributed by atoms with van der Waals surface area (Å²) in [6, 6.07) is 13.0. The average Bonchev–Trinajstić information content (AvgIpc) is 3.24. The molecule has 3 heterocycles. The Morgan fingerprint density at radius 3 is 2.71 bits per heavy atom. The molecule has 3 aromatic rings. The summed E-state index contributed by atoms with van der Waals surface area (Å²) < 4.78 is 11.0. The molecule has 1 amide bonds. The van der Waals surface area contributed by atoms with Gasteiger partial charge in [0, 0.05) is 31.0 Å². The maximum absolute atomic E-state index is 13.0. The van der Waals surface area contributed by atoms with E-state index in [2.05, 4.69) is 20.2 Å². The van der Waals surface area contributed by atoms with Gasteiger partial charge in [-0.15, -0.1) is 0 Å². The zero-order valence-electron chi connectivity index (χ0n) is 15.5. The monoisotopic (exact) mass is 378 g/mol. The van der Waals surface area contributed by atoms with Gasteiger partial charge in [-0.1, -0.05) is 24.3 Å². The van der Waals surface area contributed by atoms with Crippen LogP contribution in [-0.4, -0.2) is 47.1 Å². The van der Waals surface area contributed by atoms with Crippen molar-refractivity contribution < 1.29 is 13.9 Å². The molecule has 0 spiro atoms. The number of pyridine rings is 1. The first-order valence-corrected chi connectivity index (χ1v) is 9.30. The molecule has 0 bridgehead atoms. The Kier molecular flexibility index (Phi) is 5.75.